The quantitative estimate of drug-likeness (QED) is 0.729. The molecule has 3 rings (SSSR count). The molecule has 0 spiro atoms. The number of carbonyl (C=O) groups is 1. The van der Waals surface area contributed by atoms with E-state index in [9.17, 15) is 4.79 Å². The first-order valence-corrected chi connectivity index (χ1v) is 7.53. The van der Waals surface area contributed by atoms with Crippen molar-refractivity contribution in [2.45, 2.75) is 6.54 Å². The first kappa shape index (κ1) is 13.5. The van der Waals surface area contributed by atoms with Gasteiger partial charge in [0.2, 0.25) is 0 Å². The number of hydrogen-bond donors (Lipinski definition) is 0. The Bertz CT molecular complexity index is 696. The molecular formula is C17H14N2OS. The van der Waals surface area contributed by atoms with Crippen LogP contribution < -0.4 is 4.90 Å². The van der Waals surface area contributed by atoms with E-state index in [4.69, 9.17) is 0 Å². The van der Waals surface area contributed by atoms with Gasteiger partial charge in [-0.25, -0.2) is 0 Å². The van der Waals surface area contributed by atoms with Crippen molar-refractivity contribution >= 4 is 22.9 Å². The summed E-state index contributed by atoms with van der Waals surface area (Å²) in [6.07, 6.45) is 1.74. The zero-order valence-electron chi connectivity index (χ0n) is 11.3. The maximum Gasteiger partial charge on any atom is 0.268 e. The number of pyridine rings is 1. The van der Waals surface area contributed by atoms with Crippen LogP contribution in [0.2, 0.25) is 0 Å². The lowest BCUT2D eigenvalue weighted by molar-refractivity contribution is 0.0988. The monoisotopic (exact) mass is 294 g/mol. The van der Waals surface area contributed by atoms with Gasteiger partial charge in [0, 0.05) is 11.9 Å². The average molecular weight is 294 g/mol. The largest absolute Gasteiger partial charge is 0.302 e. The number of rotatable bonds is 4. The molecule has 21 heavy (non-hydrogen) atoms. The zero-order chi connectivity index (χ0) is 14.5. The second-order valence-electron chi connectivity index (χ2n) is 4.53. The Labute approximate surface area is 127 Å². The van der Waals surface area contributed by atoms with E-state index < -0.39 is 0 Å². The van der Waals surface area contributed by atoms with Crippen LogP contribution in [0.25, 0.3) is 0 Å². The van der Waals surface area contributed by atoms with Crippen molar-refractivity contribution in [1.82, 2.24) is 4.98 Å². The van der Waals surface area contributed by atoms with Crippen LogP contribution in [-0.2, 0) is 6.54 Å². The van der Waals surface area contributed by atoms with Crippen molar-refractivity contribution in [3.63, 3.8) is 0 Å². The summed E-state index contributed by atoms with van der Waals surface area (Å²) in [6.45, 7) is 0.460. The maximum atomic E-state index is 12.7. The summed E-state index contributed by atoms with van der Waals surface area (Å²) in [4.78, 5) is 19.5. The Balaban J connectivity index is 1.93. The molecule has 0 aliphatic rings. The molecule has 0 saturated carbocycles. The highest BCUT2D eigenvalue weighted by Gasteiger charge is 2.19. The van der Waals surface area contributed by atoms with Crippen molar-refractivity contribution < 1.29 is 4.79 Å². The normalized spacial score (nSPS) is 10.3. The molecule has 3 nitrogen and oxygen atoms in total. The Kier molecular flexibility index (Phi) is 4.07. The molecule has 1 amide bonds. The van der Waals surface area contributed by atoms with Crippen molar-refractivity contribution in [2.24, 2.45) is 0 Å². The number of amides is 1. The molecule has 0 aliphatic heterocycles. The molecule has 0 aliphatic carbocycles. The summed E-state index contributed by atoms with van der Waals surface area (Å²) in [5, 5.41) is 1.91. The molecule has 2 heterocycles. The number of benzene rings is 1. The fourth-order valence-electron chi connectivity index (χ4n) is 2.08. The van der Waals surface area contributed by atoms with Crippen LogP contribution in [0.1, 0.15) is 15.4 Å². The molecule has 3 aromatic rings. The summed E-state index contributed by atoms with van der Waals surface area (Å²) in [7, 11) is 0. The van der Waals surface area contributed by atoms with E-state index >= 15 is 0 Å². The van der Waals surface area contributed by atoms with Crippen molar-refractivity contribution in [2.75, 3.05) is 4.90 Å². The number of para-hydroxylation sites is 1. The average Bonchev–Trinajstić information content (AvgIpc) is 3.08. The van der Waals surface area contributed by atoms with Gasteiger partial charge in [0.15, 0.2) is 0 Å². The van der Waals surface area contributed by atoms with Gasteiger partial charge in [-0.3, -0.25) is 9.78 Å². The molecule has 2 aromatic heterocycles. The minimum absolute atomic E-state index is 0.00172. The van der Waals surface area contributed by atoms with Crippen LogP contribution in [0.3, 0.4) is 0 Å². The molecule has 104 valence electrons. The highest BCUT2D eigenvalue weighted by molar-refractivity contribution is 7.12. The molecule has 1 aromatic carbocycles. The van der Waals surface area contributed by atoms with Crippen LogP contribution in [0.4, 0.5) is 5.69 Å². The van der Waals surface area contributed by atoms with E-state index in [1.807, 2.05) is 66.0 Å². The minimum atomic E-state index is 0.00172. The summed E-state index contributed by atoms with van der Waals surface area (Å²) in [5.41, 5.74) is 1.74. The van der Waals surface area contributed by atoms with Crippen LogP contribution in [0.15, 0.2) is 72.2 Å². The molecule has 0 saturated heterocycles. The van der Waals surface area contributed by atoms with Gasteiger partial charge >= 0.3 is 0 Å². The van der Waals surface area contributed by atoms with Gasteiger partial charge in [-0.15, -0.1) is 11.3 Å². The van der Waals surface area contributed by atoms with Gasteiger partial charge in [-0.05, 0) is 35.7 Å². The Morgan fingerprint density at radius 3 is 2.48 bits per heavy atom. The minimum Gasteiger partial charge on any atom is -0.302 e. The lowest BCUT2D eigenvalue weighted by Crippen LogP contribution is -2.30. The van der Waals surface area contributed by atoms with Gasteiger partial charge in [0.25, 0.3) is 5.91 Å². The predicted octanol–water partition coefficient (Wildman–Crippen LogP) is 3.99. The number of nitrogens with zero attached hydrogens (tertiary/aromatic N) is 2. The van der Waals surface area contributed by atoms with Gasteiger partial charge in [0.1, 0.15) is 0 Å². The van der Waals surface area contributed by atoms with Gasteiger partial charge in [-0.2, -0.15) is 0 Å². The van der Waals surface area contributed by atoms with E-state index in [0.29, 0.717) is 6.54 Å². The predicted molar refractivity (Wildman–Crippen MR) is 85.5 cm³/mol. The lowest BCUT2D eigenvalue weighted by atomic mass is 10.2. The summed E-state index contributed by atoms with van der Waals surface area (Å²) >= 11 is 1.45. The SMILES string of the molecule is O=C(c1cccs1)N(Cc1ccccn1)c1ccccc1. The standard InChI is InChI=1S/C17H14N2OS/c20-17(16-10-6-12-21-16)19(15-8-2-1-3-9-15)13-14-7-4-5-11-18-14/h1-12H,13H2. The Morgan fingerprint density at radius 1 is 1.00 bits per heavy atom. The van der Waals surface area contributed by atoms with Crippen molar-refractivity contribution in [3.05, 3.63) is 82.8 Å². The van der Waals surface area contributed by atoms with E-state index in [2.05, 4.69) is 4.98 Å². The van der Waals surface area contributed by atoms with Gasteiger partial charge in [-0.1, -0.05) is 30.3 Å². The topological polar surface area (TPSA) is 33.2 Å². The van der Waals surface area contributed by atoms with Crippen molar-refractivity contribution in [1.29, 1.82) is 0 Å². The van der Waals surface area contributed by atoms with Gasteiger partial charge < -0.3 is 4.90 Å². The number of anilines is 1. The molecule has 0 atom stereocenters. The van der Waals surface area contributed by atoms with Crippen LogP contribution in [0.5, 0.6) is 0 Å². The molecule has 0 N–H and O–H groups in total. The summed E-state index contributed by atoms with van der Waals surface area (Å²) in [6, 6.07) is 19.2. The smallest absolute Gasteiger partial charge is 0.268 e. The van der Waals surface area contributed by atoms with E-state index in [1.54, 1.807) is 11.1 Å². The number of thiophene rings is 1. The second kappa shape index (κ2) is 6.33. The fraction of sp³-hybridized carbons (Fsp3) is 0.0588. The molecule has 0 fully saturated rings. The zero-order valence-corrected chi connectivity index (χ0v) is 12.2. The molecule has 0 radical (unpaired) electrons. The summed E-state index contributed by atoms with van der Waals surface area (Å²) in [5.74, 6) is 0.00172. The first-order chi connectivity index (χ1) is 10.3. The number of aromatic nitrogens is 1. The maximum absolute atomic E-state index is 12.7. The second-order valence-corrected chi connectivity index (χ2v) is 5.47. The van der Waals surface area contributed by atoms with Crippen molar-refractivity contribution in [3.8, 4) is 0 Å². The van der Waals surface area contributed by atoms with Crippen LogP contribution >= 0.6 is 11.3 Å². The fourth-order valence-corrected chi connectivity index (χ4v) is 2.75. The third-order valence-corrected chi connectivity index (χ3v) is 3.95. The number of carbonyl (C=O) groups excluding carboxylic acids is 1. The molecule has 0 unspecified atom stereocenters. The molecular weight excluding hydrogens is 280 g/mol. The van der Waals surface area contributed by atoms with E-state index in [0.717, 1.165) is 16.3 Å². The van der Waals surface area contributed by atoms with E-state index in [1.165, 1.54) is 11.3 Å². The van der Waals surface area contributed by atoms with Crippen LogP contribution in [0, 0.1) is 0 Å². The third kappa shape index (κ3) is 3.17. The van der Waals surface area contributed by atoms with Crippen LogP contribution in [-0.4, -0.2) is 10.9 Å². The first-order valence-electron chi connectivity index (χ1n) is 6.65. The third-order valence-electron chi connectivity index (χ3n) is 3.09. The van der Waals surface area contributed by atoms with E-state index in [-0.39, 0.29) is 5.91 Å². The highest BCUT2D eigenvalue weighted by Crippen LogP contribution is 2.21. The molecule has 0 bridgehead atoms. The lowest BCUT2D eigenvalue weighted by Gasteiger charge is -2.22. The van der Waals surface area contributed by atoms with Gasteiger partial charge in [0.05, 0.1) is 17.1 Å². The Hall–Kier alpha value is -2.46. The Morgan fingerprint density at radius 2 is 1.81 bits per heavy atom. The number of hydrogen-bond acceptors (Lipinski definition) is 3. The molecule has 4 heteroatoms. The highest BCUT2D eigenvalue weighted by atomic mass is 32.1. The summed E-state index contributed by atoms with van der Waals surface area (Å²) < 4.78 is 0.